The average molecular weight is 228 g/mol. The number of carbonyl (C=O) groups is 1. The van der Waals surface area contributed by atoms with Gasteiger partial charge in [-0.05, 0) is 24.7 Å². The maximum Gasteiger partial charge on any atom is 0.407 e. The molecule has 3 N–H and O–H groups in total. The molecule has 2 unspecified atom stereocenters. The minimum absolute atomic E-state index is 0.0851. The van der Waals surface area contributed by atoms with Gasteiger partial charge in [0.05, 0.1) is 5.54 Å². The largest absolute Gasteiger partial charge is 0.465 e. The van der Waals surface area contributed by atoms with E-state index in [9.17, 15) is 9.90 Å². The quantitative estimate of drug-likeness (QED) is 0.723. The van der Waals surface area contributed by atoms with Gasteiger partial charge in [0.25, 0.3) is 0 Å². The highest BCUT2D eigenvalue weighted by Crippen LogP contribution is 2.44. The number of hydrogen-bond acceptors (Lipinski definition) is 2. The summed E-state index contributed by atoms with van der Waals surface area (Å²) in [6, 6.07) is 0.120. The molecule has 1 rings (SSSR count). The van der Waals surface area contributed by atoms with Gasteiger partial charge in [-0.15, -0.1) is 0 Å². The molecule has 0 aromatic carbocycles. The molecule has 0 aromatic heterocycles. The van der Waals surface area contributed by atoms with Crippen molar-refractivity contribution in [3.05, 3.63) is 0 Å². The van der Waals surface area contributed by atoms with Gasteiger partial charge in [-0.2, -0.15) is 0 Å². The normalized spacial score (nSPS) is 31.6. The number of nitrogens with zero attached hydrogens (tertiary/aromatic N) is 1. The Balaban J connectivity index is 3.12. The molecule has 1 saturated heterocycles. The molecule has 4 nitrogen and oxygen atoms in total. The van der Waals surface area contributed by atoms with E-state index < -0.39 is 6.09 Å². The fourth-order valence-electron chi connectivity index (χ4n) is 3.01. The van der Waals surface area contributed by atoms with Crippen LogP contribution in [0.25, 0.3) is 0 Å². The Morgan fingerprint density at radius 1 is 1.56 bits per heavy atom. The monoisotopic (exact) mass is 228 g/mol. The van der Waals surface area contributed by atoms with Gasteiger partial charge in [0.15, 0.2) is 0 Å². The van der Waals surface area contributed by atoms with Gasteiger partial charge in [0.2, 0.25) is 0 Å². The summed E-state index contributed by atoms with van der Waals surface area (Å²) in [4.78, 5) is 13.0. The van der Waals surface area contributed by atoms with Crippen molar-refractivity contribution >= 4 is 6.09 Å². The van der Waals surface area contributed by atoms with Crippen LogP contribution in [0.4, 0.5) is 4.79 Å². The zero-order valence-corrected chi connectivity index (χ0v) is 10.8. The summed E-state index contributed by atoms with van der Waals surface area (Å²) in [5.41, 5.74) is 5.62. The molecule has 0 aliphatic carbocycles. The van der Waals surface area contributed by atoms with Gasteiger partial charge in [-0.25, -0.2) is 4.79 Å². The maximum absolute atomic E-state index is 11.4. The molecule has 2 atom stereocenters. The molecule has 0 radical (unpaired) electrons. The summed E-state index contributed by atoms with van der Waals surface area (Å²) in [7, 11) is 0. The molecular formula is C12H24N2O2. The first kappa shape index (κ1) is 13.3. The van der Waals surface area contributed by atoms with Crippen molar-refractivity contribution in [2.24, 2.45) is 11.1 Å². The number of likely N-dealkylation sites (tertiary alicyclic amines) is 1. The zero-order chi connectivity index (χ0) is 12.6. The lowest BCUT2D eigenvalue weighted by Crippen LogP contribution is -2.64. The van der Waals surface area contributed by atoms with Crippen LogP contribution in [-0.4, -0.2) is 34.2 Å². The number of hydrogen-bond donors (Lipinski definition) is 2. The molecule has 1 aliphatic rings. The highest BCUT2D eigenvalue weighted by atomic mass is 16.4. The summed E-state index contributed by atoms with van der Waals surface area (Å²) in [5, 5.41) is 9.34. The van der Waals surface area contributed by atoms with E-state index in [1.807, 2.05) is 0 Å². The summed E-state index contributed by atoms with van der Waals surface area (Å²) in [6.07, 6.45) is 1.53. The van der Waals surface area contributed by atoms with Gasteiger partial charge in [-0.1, -0.05) is 27.7 Å². The third-order valence-corrected chi connectivity index (χ3v) is 4.05. The lowest BCUT2D eigenvalue weighted by atomic mass is 9.65. The van der Waals surface area contributed by atoms with Crippen molar-refractivity contribution in [1.82, 2.24) is 4.90 Å². The first-order chi connectivity index (χ1) is 7.24. The summed E-state index contributed by atoms with van der Waals surface area (Å²) in [6.45, 7) is 8.92. The second-order valence-corrected chi connectivity index (χ2v) is 5.82. The van der Waals surface area contributed by atoms with E-state index in [4.69, 9.17) is 5.73 Å². The maximum atomic E-state index is 11.4. The van der Waals surface area contributed by atoms with E-state index in [2.05, 4.69) is 27.7 Å². The van der Waals surface area contributed by atoms with Crippen molar-refractivity contribution < 1.29 is 9.90 Å². The van der Waals surface area contributed by atoms with E-state index in [0.29, 0.717) is 6.54 Å². The van der Waals surface area contributed by atoms with E-state index in [-0.39, 0.29) is 17.0 Å². The Morgan fingerprint density at radius 3 is 2.50 bits per heavy atom. The highest BCUT2D eigenvalue weighted by molar-refractivity contribution is 5.66. The Bertz CT molecular complexity index is 273. The van der Waals surface area contributed by atoms with Crippen LogP contribution in [0.15, 0.2) is 0 Å². The molecule has 1 aliphatic heterocycles. The average Bonchev–Trinajstić information content (AvgIpc) is 2.14. The van der Waals surface area contributed by atoms with Crippen LogP contribution in [0.5, 0.6) is 0 Å². The smallest absolute Gasteiger partial charge is 0.407 e. The fraction of sp³-hybridized carbons (Fsp3) is 0.917. The summed E-state index contributed by atoms with van der Waals surface area (Å²) < 4.78 is 0. The number of piperidine rings is 1. The van der Waals surface area contributed by atoms with Crippen molar-refractivity contribution in [3.8, 4) is 0 Å². The van der Waals surface area contributed by atoms with E-state index >= 15 is 0 Å². The summed E-state index contributed by atoms with van der Waals surface area (Å²) >= 11 is 0. The number of amides is 1. The second-order valence-electron chi connectivity index (χ2n) is 5.82. The highest BCUT2D eigenvalue weighted by Gasteiger charge is 2.50. The first-order valence-corrected chi connectivity index (χ1v) is 6.01. The van der Waals surface area contributed by atoms with Gasteiger partial charge >= 0.3 is 6.09 Å². The van der Waals surface area contributed by atoms with Gasteiger partial charge in [0.1, 0.15) is 0 Å². The lowest BCUT2D eigenvalue weighted by molar-refractivity contribution is -0.0330. The van der Waals surface area contributed by atoms with E-state index in [0.717, 1.165) is 19.3 Å². The number of rotatable bonds is 1. The molecule has 1 amide bonds. The van der Waals surface area contributed by atoms with E-state index in [1.54, 1.807) is 4.90 Å². The molecule has 16 heavy (non-hydrogen) atoms. The molecular weight excluding hydrogens is 204 g/mol. The van der Waals surface area contributed by atoms with Gasteiger partial charge in [0, 0.05) is 12.6 Å². The zero-order valence-electron chi connectivity index (χ0n) is 10.8. The Morgan fingerprint density at radius 2 is 2.12 bits per heavy atom. The summed E-state index contributed by atoms with van der Waals surface area (Å²) in [5.74, 6) is 0. The number of carboxylic acid groups (broad SMARTS) is 1. The Kier molecular flexibility index (Phi) is 3.53. The molecule has 0 bridgehead atoms. The molecule has 1 heterocycles. The predicted molar refractivity (Wildman–Crippen MR) is 64.4 cm³/mol. The molecule has 94 valence electrons. The minimum Gasteiger partial charge on any atom is -0.465 e. The van der Waals surface area contributed by atoms with Crippen LogP contribution >= 0.6 is 0 Å². The standard InChI is InChI=1S/C12H24N2O2/c1-5-12(11(2,3)4)8-9(13)6-7-14(12)10(15)16/h9H,5-8,13H2,1-4H3,(H,15,16). The van der Waals surface area contributed by atoms with Crippen molar-refractivity contribution in [2.45, 2.75) is 58.5 Å². The fourth-order valence-corrected chi connectivity index (χ4v) is 3.01. The van der Waals surface area contributed by atoms with Crippen LogP contribution in [0.2, 0.25) is 0 Å². The second kappa shape index (κ2) is 4.24. The van der Waals surface area contributed by atoms with Gasteiger partial charge in [-0.3, -0.25) is 0 Å². The van der Waals surface area contributed by atoms with Crippen molar-refractivity contribution in [2.75, 3.05) is 6.54 Å². The van der Waals surface area contributed by atoms with Crippen LogP contribution < -0.4 is 5.73 Å². The number of nitrogens with two attached hydrogens (primary N) is 1. The SMILES string of the molecule is CCC1(C(C)(C)C)CC(N)CCN1C(=O)O. The molecule has 4 heteroatoms. The third-order valence-electron chi connectivity index (χ3n) is 4.05. The Labute approximate surface area is 97.8 Å². The van der Waals surface area contributed by atoms with Crippen LogP contribution in [0.1, 0.15) is 47.0 Å². The molecule has 0 spiro atoms. The first-order valence-electron chi connectivity index (χ1n) is 6.01. The van der Waals surface area contributed by atoms with Crippen LogP contribution in [0.3, 0.4) is 0 Å². The topological polar surface area (TPSA) is 66.6 Å². The third kappa shape index (κ3) is 2.03. The minimum atomic E-state index is -0.816. The van der Waals surface area contributed by atoms with Crippen molar-refractivity contribution in [3.63, 3.8) is 0 Å². The lowest BCUT2D eigenvalue weighted by Gasteiger charge is -2.54. The van der Waals surface area contributed by atoms with E-state index in [1.165, 1.54) is 0 Å². The van der Waals surface area contributed by atoms with Crippen LogP contribution in [-0.2, 0) is 0 Å². The molecule has 1 fully saturated rings. The molecule has 0 aromatic rings. The molecule has 0 saturated carbocycles. The van der Waals surface area contributed by atoms with Crippen LogP contribution in [0, 0.1) is 5.41 Å². The van der Waals surface area contributed by atoms with Gasteiger partial charge < -0.3 is 15.7 Å². The Hall–Kier alpha value is -0.770. The van der Waals surface area contributed by atoms with Crippen molar-refractivity contribution in [1.29, 1.82) is 0 Å². The predicted octanol–water partition coefficient (Wildman–Crippen LogP) is 2.28.